The Kier molecular flexibility index (Phi) is 4.51. The normalized spacial score (nSPS) is 12.4. The van der Waals surface area contributed by atoms with Crippen LogP contribution in [-0.4, -0.2) is 19.1 Å². The summed E-state index contributed by atoms with van der Waals surface area (Å²) in [6.45, 7) is 5.65. The molecule has 4 heteroatoms. The van der Waals surface area contributed by atoms with E-state index in [2.05, 4.69) is 17.6 Å². The first-order valence-corrected chi connectivity index (χ1v) is 8.09. The second kappa shape index (κ2) is 6.73. The van der Waals surface area contributed by atoms with Gasteiger partial charge in [-0.05, 0) is 61.2 Å². The van der Waals surface area contributed by atoms with Gasteiger partial charge < -0.3 is 15.4 Å². The van der Waals surface area contributed by atoms with Crippen LogP contribution in [-0.2, 0) is 6.42 Å². The Hall–Kier alpha value is -2.49. The number of aryl methyl sites for hydroxylation is 1. The molecule has 0 bridgehead atoms. The highest BCUT2D eigenvalue weighted by molar-refractivity contribution is 6.05. The topological polar surface area (TPSA) is 50.4 Å². The van der Waals surface area contributed by atoms with Crippen LogP contribution in [0.4, 0.5) is 11.4 Å². The zero-order valence-corrected chi connectivity index (χ0v) is 13.6. The number of carbonyl (C=O) groups is 1. The third-order valence-electron chi connectivity index (χ3n) is 3.92. The molecule has 0 atom stereocenters. The maximum atomic E-state index is 12.5. The molecule has 2 N–H and O–H groups in total. The lowest BCUT2D eigenvalue weighted by Gasteiger charge is -2.13. The van der Waals surface area contributed by atoms with Crippen LogP contribution in [0.5, 0.6) is 5.75 Å². The standard InChI is InChI=1S/C19H22N2O2/c1-3-10-23-18-11-13(2)4-6-17(18)21-19(22)15-5-7-16-14(12-15)8-9-20-16/h4-7,11-12,20H,3,8-10H2,1-2H3,(H,21,22). The van der Waals surface area contributed by atoms with Crippen molar-refractivity contribution in [2.75, 3.05) is 23.8 Å². The molecule has 2 aromatic carbocycles. The first-order valence-electron chi connectivity index (χ1n) is 8.09. The number of ether oxygens (including phenoxy) is 1. The van der Waals surface area contributed by atoms with Crippen LogP contribution in [0.3, 0.4) is 0 Å². The Morgan fingerprint density at radius 2 is 2.13 bits per heavy atom. The fourth-order valence-corrected chi connectivity index (χ4v) is 2.70. The van der Waals surface area contributed by atoms with Crippen LogP contribution in [0.2, 0.25) is 0 Å². The van der Waals surface area contributed by atoms with E-state index in [4.69, 9.17) is 4.74 Å². The molecule has 23 heavy (non-hydrogen) atoms. The number of hydrogen-bond donors (Lipinski definition) is 2. The van der Waals surface area contributed by atoms with Gasteiger partial charge in [-0.25, -0.2) is 0 Å². The minimum atomic E-state index is -0.107. The lowest BCUT2D eigenvalue weighted by atomic mass is 10.1. The summed E-state index contributed by atoms with van der Waals surface area (Å²) in [7, 11) is 0. The summed E-state index contributed by atoms with van der Waals surface area (Å²) in [6, 6.07) is 11.6. The number of hydrogen-bond acceptors (Lipinski definition) is 3. The summed E-state index contributed by atoms with van der Waals surface area (Å²) >= 11 is 0. The number of nitrogens with one attached hydrogen (secondary N) is 2. The molecule has 0 unspecified atom stereocenters. The smallest absolute Gasteiger partial charge is 0.255 e. The summed E-state index contributed by atoms with van der Waals surface area (Å²) in [5.74, 6) is 0.618. The van der Waals surface area contributed by atoms with E-state index in [0.29, 0.717) is 17.9 Å². The van der Waals surface area contributed by atoms with Gasteiger partial charge in [-0.1, -0.05) is 13.0 Å². The Bertz CT molecular complexity index is 725. The number of benzene rings is 2. The molecule has 0 spiro atoms. The molecule has 3 rings (SSSR count). The van der Waals surface area contributed by atoms with E-state index in [9.17, 15) is 4.79 Å². The molecular weight excluding hydrogens is 288 g/mol. The van der Waals surface area contributed by atoms with Crippen molar-refractivity contribution >= 4 is 17.3 Å². The Balaban J connectivity index is 1.79. The summed E-state index contributed by atoms with van der Waals surface area (Å²) in [4.78, 5) is 12.5. The minimum absolute atomic E-state index is 0.107. The molecule has 0 fully saturated rings. The van der Waals surface area contributed by atoms with Crippen molar-refractivity contribution in [1.82, 2.24) is 0 Å². The number of fused-ring (bicyclic) bond motifs is 1. The van der Waals surface area contributed by atoms with Gasteiger partial charge in [0.15, 0.2) is 0 Å². The maximum absolute atomic E-state index is 12.5. The number of carbonyl (C=O) groups excluding carboxylic acids is 1. The lowest BCUT2D eigenvalue weighted by Crippen LogP contribution is -2.13. The van der Waals surface area contributed by atoms with E-state index in [0.717, 1.165) is 36.4 Å². The van der Waals surface area contributed by atoms with Gasteiger partial charge in [0.2, 0.25) is 0 Å². The van der Waals surface area contributed by atoms with E-state index in [1.807, 2.05) is 43.3 Å². The number of rotatable bonds is 5. The number of anilines is 2. The van der Waals surface area contributed by atoms with Crippen molar-refractivity contribution in [1.29, 1.82) is 0 Å². The summed E-state index contributed by atoms with van der Waals surface area (Å²) in [5, 5.41) is 6.27. The highest BCUT2D eigenvalue weighted by atomic mass is 16.5. The first-order chi connectivity index (χ1) is 11.2. The van der Waals surface area contributed by atoms with Gasteiger partial charge >= 0.3 is 0 Å². The predicted molar refractivity (Wildman–Crippen MR) is 93.6 cm³/mol. The monoisotopic (exact) mass is 310 g/mol. The zero-order chi connectivity index (χ0) is 16.2. The lowest BCUT2D eigenvalue weighted by molar-refractivity contribution is 0.102. The molecule has 0 saturated carbocycles. The van der Waals surface area contributed by atoms with E-state index in [1.54, 1.807) is 0 Å². The quantitative estimate of drug-likeness (QED) is 0.877. The molecule has 2 aromatic rings. The van der Waals surface area contributed by atoms with E-state index >= 15 is 0 Å². The summed E-state index contributed by atoms with van der Waals surface area (Å²) in [6.07, 6.45) is 1.89. The second-order valence-corrected chi connectivity index (χ2v) is 5.85. The highest BCUT2D eigenvalue weighted by Crippen LogP contribution is 2.28. The summed E-state index contributed by atoms with van der Waals surface area (Å²) in [5.41, 5.74) is 4.83. The molecule has 1 aliphatic heterocycles. The van der Waals surface area contributed by atoms with Crippen molar-refractivity contribution in [3.63, 3.8) is 0 Å². The molecule has 1 amide bonds. The molecule has 4 nitrogen and oxygen atoms in total. The molecule has 1 aliphatic rings. The average Bonchev–Trinajstić information content (AvgIpc) is 3.02. The minimum Gasteiger partial charge on any atom is -0.491 e. The fraction of sp³-hybridized carbons (Fsp3) is 0.316. The van der Waals surface area contributed by atoms with Crippen molar-refractivity contribution in [2.24, 2.45) is 0 Å². The largest absolute Gasteiger partial charge is 0.491 e. The average molecular weight is 310 g/mol. The van der Waals surface area contributed by atoms with Crippen LogP contribution in [0, 0.1) is 6.92 Å². The van der Waals surface area contributed by atoms with E-state index < -0.39 is 0 Å². The molecule has 120 valence electrons. The molecule has 0 aromatic heterocycles. The van der Waals surface area contributed by atoms with Crippen LogP contribution < -0.4 is 15.4 Å². The zero-order valence-electron chi connectivity index (χ0n) is 13.6. The third-order valence-corrected chi connectivity index (χ3v) is 3.92. The second-order valence-electron chi connectivity index (χ2n) is 5.85. The van der Waals surface area contributed by atoms with Gasteiger partial charge in [-0.2, -0.15) is 0 Å². The van der Waals surface area contributed by atoms with Crippen LogP contribution in [0.15, 0.2) is 36.4 Å². The highest BCUT2D eigenvalue weighted by Gasteiger charge is 2.15. The Labute approximate surface area is 136 Å². The molecule has 0 aliphatic carbocycles. The van der Waals surface area contributed by atoms with E-state index in [1.165, 1.54) is 5.56 Å². The van der Waals surface area contributed by atoms with Gasteiger partial charge in [-0.15, -0.1) is 0 Å². The van der Waals surface area contributed by atoms with Gasteiger partial charge in [-0.3, -0.25) is 4.79 Å². The Morgan fingerprint density at radius 1 is 1.26 bits per heavy atom. The number of amides is 1. The van der Waals surface area contributed by atoms with Gasteiger partial charge in [0.25, 0.3) is 5.91 Å². The molecule has 0 radical (unpaired) electrons. The van der Waals surface area contributed by atoms with Crippen LogP contribution in [0.25, 0.3) is 0 Å². The van der Waals surface area contributed by atoms with Crippen molar-refractivity contribution in [2.45, 2.75) is 26.7 Å². The van der Waals surface area contributed by atoms with Gasteiger partial charge in [0.1, 0.15) is 5.75 Å². The maximum Gasteiger partial charge on any atom is 0.255 e. The molecule has 0 saturated heterocycles. The van der Waals surface area contributed by atoms with Crippen LogP contribution in [0.1, 0.15) is 34.8 Å². The van der Waals surface area contributed by atoms with Gasteiger partial charge in [0, 0.05) is 17.8 Å². The predicted octanol–water partition coefficient (Wildman–Crippen LogP) is 4.00. The third kappa shape index (κ3) is 3.47. The van der Waals surface area contributed by atoms with Crippen LogP contribution >= 0.6 is 0 Å². The van der Waals surface area contributed by atoms with E-state index in [-0.39, 0.29) is 5.91 Å². The summed E-state index contributed by atoms with van der Waals surface area (Å²) < 4.78 is 5.75. The van der Waals surface area contributed by atoms with Crippen molar-refractivity contribution in [3.05, 3.63) is 53.1 Å². The van der Waals surface area contributed by atoms with Gasteiger partial charge in [0.05, 0.1) is 12.3 Å². The Morgan fingerprint density at radius 3 is 2.96 bits per heavy atom. The molecular formula is C19H22N2O2. The van der Waals surface area contributed by atoms with Crippen molar-refractivity contribution in [3.8, 4) is 5.75 Å². The van der Waals surface area contributed by atoms with Crippen molar-refractivity contribution < 1.29 is 9.53 Å². The molecule has 1 heterocycles. The SMILES string of the molecule is CCCOc1cc(C)ccc1NC(=O)c1ccc2c(c1)CCN2. The fourth-order valence-electron chi connectivity index (χ4n) is 2.70. The first kappa shape index (κ1) is 15.4.